The summed E-state index contributed by atoms with van der Waals surface area (Å²) in [5.74, 6) is -0.313. The Hall–Kier alpha value is -2.36. The van der Waals surface area contributed by atoms with Gasteiger partial charge in [-0.15, -0.1) is 0 Å². The zero-order valence-corrected chi connectivity index (χ0v) is 12.9. The molecule has 0 aliphatic heterocycles. The van der Waals surface area contributed by atoms with E-state index in [0.717, 1.165) is 5.56 Å². The number of amides is 2. The van der Waals surface area contributed by atoms with Gasteiger partial charge in [0, 0.05) is 24.1 Å². The fourth-order valence-electron chi connectivity index (χ4n) is 2.17. The van der Waals surface area contributed by atoms with E-state index in [-0.39, 0.29) is 23.8 Å². The van der Waals surface area contributed by atoms with Crippen molar-refractivity contribution in [2.75, 3.05) is 6.54 Å². The van der Waals surface area contributed by atoms with Gasteiger partial charge >= 0.3 is 6.03 Å². The third-order valence-corrected chi connectivity index (χ3v) is 3.64. The minimum absolute atomic E-state index is 0.170. The van der Waals surface area contributed by atoms with E-state index in [0.29, 0.717) is 12.1 Å². The summed E-state index contributed by atoms with van der Waals surface area (Å²) in [5.41, 5.74) is 1.46. The molecular formula is C18H21FN2O. The summed E-state index contributed by atoms with van der Waals surface area (Å²) in [6.07, 6.45) is 0. The van der Waals surface area contributed by atoms with Crippen molar-refractivity contribution in [2.24, 2.45) is 0 Å². The van der Waals surface area contributed by atoms with Crippen LogP contribution in [0.1, 0.15) is 25.0 Å². The van der Waals surface area contributed by atoms with Crippen molar-refractivity contribution >= 4 is 6.03 Å². The van der Waals surface area contributed by atoms with Gasteiger partial charge in [0.05, 0.1) is 0 Å². The molecule has 2 N–H and O–H groups in total. The molecule has 2 aromatic rings. The summed E-state index contributed by atoms with van der Waals surface area (Å²) in [6.45, 7) is 4.81. The van der Waals surface area contributed by atoms with E-state index in [1.165, 1.54) is 6.07 Å². The second-order valence-corrected chi connectivity index (χ2v) is 5.88. The van der Waals surface area contributed by atoms with E-state index in [1.54, 1.807) is 18.2 Å². The average molecular weight is 300 g/mol. The Morgan fingerprint density at radius 2 is 1.64 bits per heavy atom. The lowest BCUT2D eigenvalue weighted by atomic mass is 9.85. The SMILES string of the molecule is CC(C)(CNC(=O)NCc1ccccc1F)c1ccccc1. The van der Waals surface area contributed by atoms with Gasteiger partial charge < -0.3 is 10.6 Å². The lowest BCUT2D eigenvalue weighted by Crippen LogP contribution is -2.42. The average Bonchev–Trinajstić information content (AvgIpc) is 2.53. The van der Waals surface area contributed by atoms with Gasteiger partial charge in [-0.2, -0.15) is 0 Å². The zero-order valence-electron chi connectivity index (χ0n) is 12.9. The highest BCUT2D eigenvalue weighted by Crippen LogP contribution is 2.21. The molecule has 0 aliphatic carbocycles. The molecule has 0 atom stereocenters. The second kappa shape index (κ2) is 7.07. The van der Waals surface area contributed by atoms with Crippen molar-refractivity contribution in [2.45, 2.75) is 25.8 Å². The minimum atomic E-state index is -0.313. The fourth-order valence-corrected chi connectivity index (χ4v) is 2.17. The summed E-state index contributed by atoms with van der Waals surface area (Å²) in [6, 6.07) is 16.1. The third-order valence-electron chi connectivity index (χ3n) is 3.64. The molecule has 2 rings (SSSR count). The van der Waals surface area contributed by atoms with Gasteiger partial charge in [-0.1, -0.05) is 62.4 Å². The molecule has 0 heterocycles. The molecular weight excluding hydrogens is 279 g/mol. The lowest BCUT2D eigenvalue weighted by Gasteiger charge is -2.25. The summed E-state index contributed by atoms with van der Waals surface area (Å²) in [5, 5.41) is 5.51. The van der Waals surface area contributed by atoms with Crippen molar-refractivity contribution < 1.29 is 9.18 Å². The second-order valence-electron chi connectivity index (χ2n) is 5.88. The number of nitrogens with one attached hydrogen (secondary N) is 2. The van der Waals surface area contributed by atoms with E-state index in [1.807, 2.05) is 30.3 Å². The number of halogens is 1. The number of carbonyl (C=O) groups is 1. The van der Waals surface area contributed by atoms with E-state index in [2.05, 4.69) is 24.5 Å². The molecule has 4 heteroatoms. The summed E-state index contributed by atoms with van der Waals surface area (Å²) >= 11 is 0. The van der Waals surface area contributed by atoms with Crippen LogP contribution in [-0.4, -0.2) is 12.6 Å². The van der Waals surface area contributed by atoms with Crippen LogP contribution in [0, 0.1) is 5.82 Å². The molecule has 3 nitrogen and oxygen atoms in total. The van der Waals surface area contributed by atoms with Gasteiger partial charge in [0.25, 0.3) is 0 Å². The third kappa shape index (κ3) is 4.32. The van der Waals surface area contributed by atoms with E-state index < -0.39 is 0 Å². The Morgan fingerprint density at radius 3 is 2.32 bits per heavy atom. The number of rotatable bonds is 5. The molecule has 2 amide bonds. The fraction of sp³-hybridized carbons (Fsp3) is 0.278. The van der Waals surface area contributed by atoms with Crippen molar-refractivity contribution in [3.05, 3.63) is 71.5 Å². The summed E-state index contributed by atoms with van der Waals surface area (Å²) in [7, 11) is 0. The Labute approximate surface area is 130 Å². The minimum Gasteiger partial charge on any atom is -0.337 e. The molecule has 0 saturated carbocycles. The number of carbonyl (C=O) groups excluding carboxylic acids is 1. The van der Waals surface area contributed by atoms with Crippen LogP contribution in [0.4, 0.5) is 9.18 Å². The monoisotopic (exact) mass is 300 g/mol. The first-order chi connectivity index (χ1) is 10.5. The van der Waals surface area contributed by atoms with E-state index in [4.69, 9.17) is 0 Å². The lowest BCUT2D eigenvalue weighted by molar-refractivity contribution is 0.238. The Balaban J connectivity index is 1.84. The molecule has 116 valence electrons. The standard InChI is InChI=1S/C18H21FN2O/c1-18(2,15-9-4-3-5-10-15)13-21-17(22)20-12-14-8-6-7-11-16(14)19/h3-11H,12-13H2,1-2H3,(H2,20,21,22). The first-order valence-electron chi connectivity index (χ1n) is 7.30. The Kier molecular flexibility index (Phi) is 5.15. The van der Waals surface area contributed by atoms with E-state index >= 15 is 0 Å². The van der Waals surface area contributed by atoms with Crippen LogP contribution >= 0.6 is 0 Å². The highest BCUT2D eigenvalue weighted by molar-refractivity contribution is 5.74. The summed E-state index contributed by atoms with van der Waals surface area (Å²) in [4.78, 5) is 11.9. The highest BCUT2D eigenvalue weighted by Gasteiger charge is 2.20. The van der Waals surface area contributed by atoms with Crippen molar-refractivity contribution in [3.63, 3.8) is 0 Å². The van der Waals surface area contributed by atoms with Gasteiger partial charge in [0.1, 0.15) is 5.82 Å². The predicted octanol–water partition coefficient (Wildman–Crippen LogP) is 3.60. The maximum Gasteiger partial charge on any atom is 0.315 e. The normalized spacial score (nSPS) is 11.0. The van der Waals surface area contributed by atoms with Crippen LogP contribution < -0.4 is 10.6 Å². The first-order valence-corrected chi connectivity index (χ1v) is 7.30. The number of urea groups is 1. The molecule has 0 radical (unpaired) electrons. The molecule has 22 heavy (non-hydrogen) atoms. The van der Waals surface area contributed by atoms with Gasteiger partial charge in [-0.25, -0.2) is 9.18 Å². The zero-order chi connectivity index (χ0) is 16.0. The van der Waals surface area contributed by atoms with Crippen LogP contribution in [0.3, 0.4) is 0 Å². The van der Waals surface area contributed by atoms with Gasteiger partial charge in [0.2, 0.25) is 0 Å². The molecule has 0 aromatic heterocycles. The quantitative estimate of drug-likeness (QED) is 0.870. The van der Waals surface area contributed by atoms with Crippen LogP contribution in [0.2, 0.25) is 0 Å². The topological polar surface area (TPSA) is 41.1 Å². The van der Waals surface area contributed by atoms with Crippen molar-refractivity contribution in [1.29, 1.82) is 0 Å². The van der Waals surface area contributed by atoms with Crippen LogP contribution in [0.15, 0.2) is 54.6 Å². The molecule has 0 aliphatic rings. The maximum atomic E-state index is 13.5. The van der Waals surface area contributed by atoms with Gasteiger partial charge in [0.15, 0.2) is 0 Å². The molecule has 0 saturated heterocycles. The van der Waals surface area contributed by atoms with Gasteiger partial charge in [-0.3, -0.25) is 0 Å². The van der Waals surface area contributed by atoms with Crippen LogP contribution in [0.25, 0.3) is 0 Å². The van der Waals surface area contributed by atoms with E-state index in [9.17, 15) is 9.18 Å². The predicted molar refractivity (Wildman–Crippen MR) is 86.1 cm³/mol. The smallest absolute Gasteiger partial charge is 0.315 e. The number of hydrogen-bond acceptors (Lipinski definition) is 1. The van der Waals surface area contributed by atoms with Crippen molar-refractivity contribution in [3.8, 4) is 0 Å². The Morgan fingerprint density at radius 1 is 1.00 bits per heavy atom. The van der Waals surface area contributed by atoms with Gasteiger partial charge in [-0.05, 0) is 11.6 Å². The Bertz CT molecular complexity index is 626. The number of benzene rings is 2. The van der Waals surface area contributed by atoms with Crippen LogP contribution in [0.5, 0.6) is 0 Å². The van der Waals surface area contributed by atoms with Crippen molar-refractivity contribution in [1.82, 2.24) is 10.6 Å². The molecule has 2 aromatic carbocycles. The van der Waals surface area contributed by atoms with Crippen LogP contribution in [-0.2, 0) is 12.0 Å². The summed E-state index contributed by atoms with van der Waals surface area (Å²) < 4.78 is 13.5. The molecule has 0 fully saturated rings. The molecule has 0 unspecified atom stereocenters. The molecule has 0 bridgehead atoms. The highest BCUT2D eigenvalue weighted by atomic mass is 19.1. The molecule has 0 spiro atoms. The maximum absolute atomic E-state index is 13.5. The number of hydrogen-bond donors (Lipinski definition) is 2. The first kappa shape index (κ1) is 16.0. The largest absolute Gasteiger partial charge is 0.337 e.